The predicted octanol–water partition coefficient (Wildman–Crippen LogP) is 1.56. The molecule has 0 atom stereocenters. The Labute approximate surface area is 100 Å². The van der Waals surface area contributed by atoms with Crippen molar-refractivity contribution in [3.05, 3.63) is 29.6 Å². The molecule has 0 amide bonds. The molecule has 0 fully saturated rings. The van der Waals surface area contributed by atoms with Crippen LogP contribution in [0.5, 0.6) is 0 Å². The molecule has 1 aliphatic heterocycles. The molecule has 0 radical (unpaired) electrons. The summed E-state index contributed by atoms with van der Waals surface area (Å²) in [6.07, 6.45) is 6.82. The van der Waals surface area contributed by atoms with Crippen molar-refractivity contribution in [2.24, 2.45) is 0 Å². The SMILES string of the molecule is Cc1ccn(Cc2nnc3n2CCCCC3)n1. The van der Waals surface area contributed by atoms with Crippen molar-refractivity contribution in [2.75, 3.05) is 0 Å². The largest absolute Gasteiger partial charge is 0.313 e. The molecule has 3 heterocycles. The first-order chi connectivity index (χ1) is 8.33. The second kappa shape index (κ2) is 4.31. The lowest BCUT2D eigenvalue weighted by Crippen LogP contribution is -2.10. The van der Waals surface area contributed by atoms with E-state index in [0.29, 0.717) is 0 Å². The third kappa shape index (κ3) is 2.09. The Morgan fingerprint density at radius 1 is 1.24 bits per heavy atom. The van der Waals surface area contributed by atoms with Crippen LogP contribution in [0.2, 0.25) is 0 Å². The lowest BCUT2D eigenvalue weighted by atomic mass is 10.2. The molecular weight excluding hydrogens is 214 g/mol. The zero-order valence-corrected chi connectivity index (χ0v) is 10.1. The van der Waals surface area contributed by atoms with Crippen molar-refractivity contribution in [1.29, 1.82) is 0 Å². The molecule has 17 heavy (non-hydrogen) atoms. The van der Waals surface area contributed by atoms with Gasteiger partial charge in [-0.15, -0.1) is 10.2 Å². The average Bonchev–Trinajstić information content (AvgIpc) is 2.80. The van der Waals surface area contributed by atoms with Gasteiger partial charge in [0, 0.05) is 19.2 Å². The number of hydrogen-bond acceptors (Lipinski definition) is 3. The Morgan fingerprint density at radius 2 is 2.18 bits per heavy atom. The molecule has 0 saturated carbocycles. The molecular formula is C12H17N5. The van der Waals surface area contributed by atoms with Gasteiger partial charge in [-0.3, -0.25) is 4.68 Å². The zero-order chi connectivity index (χ0) is 11.7. The fourth-order valence-electron chi connectivity index (χ4n) is 2.36. The standard InChI is InChI=1S/C12H17N5/c1-10-6-8-16(15-10)9-12-14-13-11-5-3-2-4-7-17(11)12/h6,8H,2-5,7,9H2,1H3. The molecule has 0 unspecified atom stereocenters. The first kappa shape index (κ1) is 10.5. The third-order valence-electron chi connectivity index (χ3n) is 3.26. The minimum Gasteiger partial charge on any atom is -0.313 e. The summed E-state index contributed by atoms with van der Waals surface area (Å²) in [5.74, 6) is 2.17. The molecule has 5 heteroatoms. The monoisotopic (exact) mass is 231 g/mol. The van der Waals surface area contributed by atoms with Crippen LogP contribution in [0.3, 0.4) is 0 Å². The van der Waals surface area contributed by atoms with Crippen molar-refractivity contribution in [2.45, 2.75) is 45.7 Å². The molecule has 0 aromatic carbocycles. The smallest absolute Gasteiger partial charge is 0.154 e. The number of hydrogen-bond donors (Lipinski definition) is 0. The Bertz CT molecular complexity index is 511. The van der Waals surface area contributed by atoms with E-state index in [1.165, 1.54) is 19.3 Å². The van der Waals surface area contributed by atoms with Crippen molar-refractivity contribution in [3.8, 4) is 0 Å². The first-order valence-electron chi connectivity index (χ1n) is 6.24. The lowest BCUT2D eigenvalue weighted by molar-refractivity contribution is 0.567. The summed E-state index contributed by atoms with van der Waals surface area (Å²) in [6.45, 7) is 3.78. The lowest BCUT2D eigenvalue weighted by Gasteiger charge is -2.06. The average molecular weight is 231 g/mol. The van der Waals surface area contributed by atoms with Gasteiger partial charge in [0.05, 0.1) is 5.69 Å². The summed E-state index contributed by atoms with van der Waals surface area (Å²) < 4.78 is 4.20. The van der Waals surface area contributed by atoms with Crippen LogP contribution in [0.1, 0.15) is 36.6 Å². The first-order valence-corrected chi connectivity index (χ1v) is 6.24. The van der Waals surface area contributed by atoms with E-state index >= 15 is 0 Å². The summed E-state index contributed by atoms with van der Waals surface area (Å²) in [7, 11) is 0. The number of nitrogens with zero attached hydrogens (tertiary/aromatic N) is 5. The highest BCUT2D eigenvalue weighted by Crippen LogP contribution is 2.14. The molecule has 5 nitrogen and oxygen atoms in total. The van der Waals surface area contributed by atoms with Gasteiger partial charge in [0.2, 0.25) is 0 Å². The zero-order valence-electron chi connectivity index (χ0n) is 10.1. The number of aromatic nitrogens is 5. The van der Waals surface area contributed by atoms with Crippen LogP contribution in [0.15, 0.2) is 12.3 Å². The van der Waals surface area contributed by atoms with Crippen LogP contribution in [-0.2, 0) is 19.5 Å². The fourth-order valence-corrected chi connectivity index (χ4v) is 2.36. The minimum absolute atomic E-state index is 0.723. The van der Waals surface area contributed by atoms with E-state index in [4.69, 9.17) is 0 Å². The number of fused-ring (bicyclic) bond motifs is 1. The highest BCUT2D eigenvalue weighted by atomic mass is 15.3. The van der Waals surface area contributed by atoms with Gasteiger partial charge in [-0.2, -0.15) is 5.10 Å². The Morgan fingerprint density at radius 3 is 3.00 bits per heavy atom. The van der Waals surface area contributed by atoms with Crippen LogP contribution >= 0.6 is 0 Å². The van der Waals surface area contributed by atoms with Crippen LogP contribution in [0, 0.1) is 6.92 Å². The van der Waals surface area contributed by atoms with Gasteiger partial charge in [0.15, 0.2) is 5.82 Å². The summed E-state index contributed by atoms with van der Waals surface area (Å²) in [5, 5.41) is 13.0. The summed E-state index contributed by atoms with van der Waals surface area (Å²) in [4.78, 5) is 0. The topological polar surface area (TPSA) is 48.5 Å². The summed E-state index contributed by atoms with van der Waals surface area (Å²) >= 11 is 0. The molecule has 0 bridgehead atoms. The van der Waals surface area contributed by atoms with E-state index in [2.05, 4.69) is 19.9 Å². The number of aryl methyl sites for hydroxylation is 2. The normalized spacial score (nSPS) is 15.6. The molecule has 2 aromatic rings. The van der Waals surface area contributed by atoms with E-state index in [-0.39, 0.29) is 0 Å². The van der Waals surface area contributed by atoms with E-state index in [9.17, 15) is 0 Å². The molecule has 2 aromatic heterocycles. The van der Waals surface area contributed by atoms with Crippen LogP contribution in [-0.4, -0.2) is 24.5 Å². The predicted molar refractivity (Wildman–Crippen MR) is 63.6 cm³/mol. The Hall–Kier alpha value is -1.65. The van der Waals surface area contributed by atoms with Gasteiger partial charge < -0.3 is 4.57 Å². The fraction of sp³-hybridized carbons (Fsp3) is 0.583. The van der Waals surface area contributed by atoms with Gasteiger partial charge in [-0.05, 0) is 25.8 Å². The maximum atomic E-state index is 4.39. The van der Waals surface area contributed by atoms with Crippen LogP contribution in [0.25, 0.3) is 0 Å². The second-order valence-corrected chi connectivity index (χ2v) is 4.65. The summed E-state index contributed by atoms with van der Waals surface area (Å²) in [5.41, 5.74) is 1.04. The van der Waals surface area contributed by atoms with Gasteiger partial charge >= 0.3 is 0 Å². The highest BCUT2D eigenvalue weighted by Gasteiger charge is 2.14. The molecule has 0 spiro atoms. The van der Waals surface area contributed by atoms with E-state index in [1.54, 1.807) is 0 Å². The van der Waals surface area contributed by atoms with E-state index in [1.807, 2.05) is 23.9 Å². The van der Waals surface area contributed by atoms with Gasteiger partial charge in [-0.25, -0.2) is 0 Å². The summed E-state index contributed by atoms with van der Waals surface area (Å²) in [6, 6.07) is 2.01. The number of rotatable bonds is 2. The molecule has 0 N–H and O–H groups in total. The van der Waals surface area contributed by atoms with E-state index in [0.717, 1.165) is 36.9 Å². The quantitative estimate of drug-likeness (QED) is 0.788. The molecule has 1 aliphatic rings. The van der Waals surface area contributed by atoms with Crippen molar-refractivity contribution in [1.82, 2.24) is 24.5 Å². The van der Waals surface area contributed by atoms with Crippen LogP contribution < -0.4 is 0 Å². The Kier molecular flexibility index (Phi) is 2.66. The molecule has 3 rings (SSSR count). The van der Waals surface area contributed by atoms with Gasteiger partial charge in [0.1, 0.15) is 12.4 Å². The molecule has 0 saturated heterocycles. The minimum atomic E-state index is 0.723. The van der Waals surface area contributed by atoms with Crippen molar-refractivity contribution >= 4 is 0 Å². The van der Waals surface area contributed by atoms with Crippen molar-refractivity contribution in [3.63, 3.8) is 0 Å². The van der Waals surface area contributed by atoms with Gasteiger partial charge in [0.25, 0.3) is 0 Å². The molecule has 90 valence electrons. The van der Waals surface area contributed by atoms with Crippen LogP contribution in [0.4, 0.5) is 0 Å². The highest BCUT2D eigenvalue weighted by molar-refractivity contribution is 5.01. The maximum absolute atomic E-state index is 4.39. The van der Waals surface area contributed by atoms with Gasteiger partial charge in [-0.1, -0.05) is 6.42 Å². The second-order valence-electron chi connectivity index (χ2n) is 4.65. The maximum Gasteiger partial charge on any atom is 0.154 e. The molecule has 0 aliphatic carbocycles. The van der Waals surface area contributed by atoms with Crippen molar-refractivity contribution < 1.29 is 0 Å². The third-order valence-corrected chi connectivity index (χ3v) is 3.26. The van der Waals surface area contributed by atoms with E-state index < -0.39 is 0 Å². The Balaban J connectivity index is 1.86.